The lowest BCUT2D eigenvalue weighted by molar-refractivity contribution is -0.317. The number of cyclic esters (lactones) is 1. The van der Waals surface area contributed by atoms with Crippen LogP contribution in [0, 0.1) is 23.7 Å². The lowest BCUT2D eigenvalue weighted by atomic mass is 9.73. The standard InChI is InChI=1S/C53H92N4O15/c1-14-41-53(10,63)46(59)33(4)43(56-67-24-23-54-21-17-15-16-18-22-55-29-37-19-20-39-40(26-37)66-30-65-39)31(2)27-51(8,62)48(72-50-44(58)38(57(11)12)25-32(3)68-50)34(5)45(35(6)49(61)70-41)71-42-28-52(9,64-13)47(60)36(7)69-42/h19-20,26,31-36,38,41-42,44-48,50,54-55,58-60,62-63H,14-18,21-25,27-30H2,1-13H3/b56-43+/t31-,32-,33+,34+,35-,36+,38+,41-,42+,44-,45+,46-,47+,48-,50+,51-,52-,53-/m1/s1. The zero-order chi connectivity index (χ0) is 53.1. The second kappa shape index (κ2) is 26.8. The summed E-state index contributed by atoms with van der Waals surface area (Å²) in [6.45, 7) is 20.7. The van der Waals surface area contributed by atoms with Crippen LogP contribution in [0.2, 0.25) is 0 Å². The van der Waals surface area contributed by atoms with Crippen molar-refractivity contribution in [2.45, 2.75) is 211 Å². The summed E-state index contributed by atoms with van der Waals surface area (Å²) in [5, 5.41) is 71.5. The molecule has 4 aliphatic heterocycles. The number of esters is 1. The van der Waals surface area contributed by atoms with Crippen molar-refractivity contribution >= 4 is 11.7 Å². The molecule has 18 atom stereocenters. The average Bonchev–Trinajstić information content (AvgIpc) is 3.81. The molecular formula is C53H92N4O15. The molecule has 1 aromatic rings. The van der Waals surface area contributed by atoms with Crippen molar-refractivity contribution in [3.63, 3.8) is 0 Å². The van der Waals surface area contributed by atoms with E-state index in [1.165, 1.54) is 14.0 Å². The monoisotopic (exact) mass is 1020 g/mol. The molecule has 19 nitrogen and oxygen atoms in total. The van der Waals surface area contributed by atoms with E-state index in [2.05, 4.69) is 15.8 Å². The fourth-order valence-electron chi connectivity index (χ4n) is 11.1. The number of hydrogen-bond donors (Lipinski definition) is 7. The highest BCUT2D eigenvalue weighted by Gasteiger charge is 2.53. The first kappa shape index (κ1) is 60.1. The number of benzene rings is 1. The highest BCUT2D eigenvalue weighted by atomic mass is 16.7. The van der Waals surface area contributed by atoms with Crippen LogP contribution in [0.25, 0.3) is 0 Å². The number of rotatable bonds is 20. The summed E-state index contributed by atoms with van der Waals surface area (Å²) >= 11 is 0. The van der Waals surface area contributed by atoms with Gasteiger partial charge in [0.25, 0.3) is 0 Å². The maximum absolute atomic E-state index is 14.5. The van der Waals surface area contributed by atoms with Crippen LogP contribution in [0.4, 0.5) is 0 Å². The fraction of sp³-hybridized carbons (Fsp3) is 0.849. The molecule has 7 N–H and O–H groups in total. The number of ether oxygens (including phenoxy) is 8. The zero-order valence-electron chi connectivity index (χ0n) is 45.5. The molecule has 3 fully saturated rings. The minimum absolute atomic E-state index is 0.00127. The van der Waals surface area contributed by atoms with Gasteiger partial charge in [-0.25, -0.2) is 0 Å². The average molecular weight is 1030 g/mol. The van der Waals surface area contributed by atoms with E-state index in [0.717, 1.165) is 62.4 Å². The molecular weight excluding hydrogens is 933 g/mol. The molecule has 0 unspecified atom stereocenters. The van der Waals surface area contributed by atoms with E-state index in [1.807, 2.05) is 51.0 Å². The molecule has 0 aliphatic carbocycles. The van der Waals surface area contributed by atoms with Crippen molar-refractivity contribution in [2.24, 2.45) is 28.8 Å². The third kappa shape index (κ3) is 15.2. The molecule has 0 spiro atoms. The lowest BCUT2D eigenvalue weighted by Gasteiger charge is -2.49. The Labute approximate surface area is 428 Å². The molecule has 1 aromatic carbocycles. The van der Waals surface area contributed by atoms with Gasteiger partial charge in [-0.15, -0.1) is 0 Å². The summed E-state index contributed by atoms with van der Waals surface area (Å²) < 4.78 is 48.9. The lowest BCUT2D eigenvalue weighted by Crippen LogP contribution is -2.61. The number of methoxy groups -OCH3 is 1. The Morgan fingerprint density at radius 2 is 1.53 bits per heavy atom. The van der Waals surface area contributed by atoms with Gasteiger partial charge in [0, 0.05) is 50.4 Å². The number of aliphatic hydroxyl groups is 5. The Hall–Kier alpha value is -2.76. The van der Waals surface area contributed by atoms with Crippen LogP contribution in [0.3, 0.4) is 0 Å². The van der Waals surface area contributed by atoms with Gasteiger partial charge < -0.3 is 83.8 Å². The number of carbonyl (C=O) groups is 1. The van der Waals surface area contributed by atoms with Gasteiger partial charge in [-0.1, -0.05) is 51.8 Å². The van der Waals surface area contributed by atoms with Crippen LogP contribution in [0.5, 0.6) is 11.5 Å². The highest BCUT2D eigenvalue weighted by molar-refractivity contribution is 5.88. The molecule has 0 saturated carbocycles. The Kier molecular flexibility index (Phi) is 22.4. The fourth-order valence-corrected chi connectivity index (χ4v) is 11.1. The van der Waals surface area contributed by atoms with Gasteiger partial charge in [0.1, 0.15) is 30.5 Å². The van der Waals surface area contributed by atoms with E-state index in [9.17, 15) is 30.3 Å². The minimum Gasteiger partial charge on any atom is -0.459 e. The summed E-state index contributed by atoms with van der Waals surface area (Å²) in [6, 6.07) is 5.68. The molecule has 0 amide bonds. The van der Waals surface area contributed by atoms with Gasteiger partial charge in [0.05, 0.1) is 53.4 Å². The number of fused-ring (bicyclic) bond motifs is 1. The quantitative estimate of drug-likeness (QED) is 0.0549. The zero-order valence-corrected chi connectivity index (χ0v) is 45.5. The molecule has 4 heterocycles. The highest BCUT2D eigenvalue weighted by Crippen LogP contribution is 2.41. The van der Waals surface area contributed by atoms with Gasteiger partial charge in [-0.2, -0.15) is 0 Å². The first-order valence-electron chi connectivity index (χ1n) is 26.5. The summed E-state index contributed by atoms with van der Waals surface area (Å²) in [7, 11) is 5.25. The summed E-state index contributed by atoms with van der Waals surface area (Å²) in [5.74, 6) is -2.47. The number of hydrogen-bond acceptors (Lipinski definition) is 19. The Morgan fingerprint density at radius 1 is 0.847 bits per heavy atom. The Morgan fingerprint density at radius 3 is 2.19 bits per heavy atom. The summed E-state index contributed by atoms with van der Waals surface area (Å²) in [6.07, 6.45) is -5.17. The number of nitrogens with zero attached hydrogens (tertiary/aromatic N) is 2. The van der Waals surface area contributed by atoms with E-state index < -0.39 is 102 Å². The van der Waals surface area contributed by atoms with Crippen LogP contribution < -0.4 is 20.1 Å². The van der Waals surface area contributed by atoms with Crippen LogP contribution in [-0.2, 0) is 44.6 Å². The number of nitrogens with one attached hydrogen (secondary N) is 2. The van der Waals surface area contributed by atoms with E-state index >= 15 is 0 Å². The molecule has 19 heteroatoms. The van der Waals surface area contributed by atoms with Crippen molar-refractivity contribution in [1.29, 1.82) is 0 Å². The number of aliphatic hydroxyl groups excluding tert-OH is 3. The number of oxime groups is 1. The third-order valence-corrected chi connectivity index (χ3v) is 15.6. The Balaban J connectivity index is 1.33. The van der Waals surface area contributed by atoms with Gasteiger partial charge in [-0.3, -0.25) is 4.79 Å². The van der Waals surface area contributed by atoms with Crippen molar-refractivity contribution < 1.29 is 73.1 Å². The maximum atomic E-state index is 14.5. The van der Waals surface area contributed by atoms with Crippen LogP contribution >= 0.6 is 0 Å². The van der Waals surface area contributed by atoms with Crippen LogP contribution in [-0.4, -0.2) is 181 Å². The van der Waals surface area contributed by atoms with Crippen molar-refractivity contribution in [2.75, 3.05) is 54.2 Å². The van der Waals surface area contributed by atoms with Gasteiger partial charge >= 0.3 is 5.97 Å². The van der Waals surface area contributed by atoms with E-state index in [1.54, 1.807) is 48.5 Å². The number of carbonyl (C=O) groups excluding carboxylic acids is 1. The molecule has 414 valence electrons. The SMILES string of the molecule is CC[C@H]1OC(=O)[C@H](C)[C@@H](O[C@H]2C[C@@](C)(OC)[C@@H](O)[C@H](C)O2)[C@H](C)[C@@H](O[C@@H]2O[C@H](C)C[C@H](N(C)C)[C@H]2O)[C@](C)(O)C[C@@H](C)/C(=N\OCCNCCCCCCNCc2ccc3c(c2)OCO3)[C@H](C)[C@@H](O)[C@]1(C)O. The minimum atomic E-state index is -1.96. The van der Waals surface area contributed by atoms with Crippen molar-refractivity contribution in [3.8, 4) is 11.5 Å². The molecule has 72 heavy (non-hydrogen) atoms. The molecule has 0 aromatic heterocycles. The molecule has 3 saturated heterocycles. The van der Waals surface area contributed by atoms with Gasteiger partial charge in [-0.05, 0) is 119 Å². The number of likely N-dealkylation sites (N-methyl/N-ethyl adjacent to an activating group) is 1. The topological polar surface area (TPSA) is 241 Å². The van der Waals surface area contributed by atoms with Crippen molar-refractivity contribution in [3.05, 3.63) is 23.8 Å². The molecule has 5 rings (SSSR count). The number of unbranched alkanes of at least 4 members (excludes halogenated alkanes) is 3. The van der Waals surface area contributed by atoms with Crippen LogP contribution in [0.15, 0.2) is 23.4 Å². The third-order valence-electron chi connectivity index (χ3n) is 15.6. The van der Waals surface area contributed by atoms with Gasteiger partial charge in [0.2, 0.25) is 6.79 Å². The maximum Gasteiger partial charge on any atom is 0.311 e. The Bertz CT molecular complexity index is 1860. The largest absolute Gasteiger partial charge is 0.459 e. The predicted molar refractivity (Wildman–Crippen MR) is 270 cm³/mol. The van der Waals surface area contributed by atoms with Crippen LogP contribution in [0.1, 0.15) is 126 Å². The second-order valence-corrected chi connectivity index (χ2v) is 21.9. The first-order valence-corrected chi connectivity index (χ1v) is 26.5. The van der Waals surface area contributed by atoms with E-state index in [0.29, 0.717) is 18.7 Å². The molecule has 0 bridgehead atoms. The van der Waals surface area contributed by atoms with E-state index in [4.69, 9.17) is 42.7 Å². The smallest absolute Gasteiger partial charge is 0.311 e. The second-order valence-electron chi connectivity index (χ2n) is 21.9. The normalized spacial score (nSPS) is 39.7. The molecule has 4 aliphatic rings. The van der Waals surface area contributed by atoms with E-state index in [-0.39, 0.29) is 44.8 Å². The first-order chi connectivity index (χ1) is 33.9. The summed E-state index contributed by atoms with van der Waals surface area (Å²) in [5.41, 5.74) is -3.24. The van der Waals surface area contributed by atoms with Gasteiger partial charge in [0.15, 0.2) is 24.1 Å². The van der Waals surface area contributed by atoms with Crippen molar-refractivity contribution in [1.82, 2.24) is 15.5 Å². The molecule has 0 radical (unpaired) electrons. The predicted octanol–water partition coefficient (Wildman–Crippen LogP) is 4.26. The summed E-state index contributed by atoms with van der Waals surface area (Å²) in [4.78, 5) is 22.4.